The summed E-state index contributed by atoms with van der Waals surface area (Å²) in [6.07, 6.45) is 5.65. The number of aryl methyl sites for hydroxylation is 1. The molecule has 1 aliphatic heterocycles. The van der Waals surface area contributed by atoms with Crippen molar-refractivity contribution in [2.75, 3.05) is 22.9 Å². The average Bonchev–Trinajstić information content (AvgIpc) is 2.68. The van der Waals surface area contributed by atoms with E-state index in [2.05, 4.69) is 24.1 Å². The SMILES string of the molecule is C=C(SCC(=C)N1CCCc2cccc(N)c21)/C(O)=C\C(=C/C)C(=O)CC. The molecule has 1 aromatic rings. The van der Waals surface area contributed by atoms with Crippen molar-refractivity contribution >= 4 is 28.9 Å². The van der Waals surface area contributed by atoms with Gasteiger partial charge in [0.1, 0.15) is 5.76 Å². The van der Waals surface area contributed by atoms with E-state index in [0.29, 0.717) is 22.7 Å². The fourth-order valence-electron chi connectivity index (χ4n) is 3.08. The molecule has 5 heteroatoms. The largest absolute Gasteiger partial charge is 0.507 e. The molecular formula is C22H28N2O2S. The second-order valence-electron chi connectivity index (χ2n) is 6.44. The van der Waals surface area contributed by atoms with Crippen molar-refractivity contribution in [2.45, 2.75) is 33.1 Å². The summed E-state index contributed by atoms with van der Waals surface area (Å²) in [5, 5.41) is 10.3. The number of rotatable bonds is 8. The Bertz CT molecular complexity index is 809. The van der Waals surface area contributed by atoms with Gasteiger partial charge in [0.2, 0.25) is 0 Å². The van der Waals surface area contributed by atoms with Gasteiger partial charge in [-0.1, -0.05) is 38.3 Å². The number of aliphatic hydroxyl groups excluding tert-OH is 1. The van der Waals surface area contributed by atoms with E-state index < -0.39 is 0 Å². The zero-order chi connectivity index (χ0) is 20.0. The maximum Gasteiger partial charge on any atom is 0.162 e. The molecule has 1 aromatic carbocycles. The van der Waals surface area contributed by atoms with Crippen LogP contribution < -0.4 is 10.6 Å². The number of carbonyl (C=O) groups is 1. The number of ketones is 1. The Labute approximate surface area is 166 Å². The van der Waals surface area contributed by atoms with Gasteiger partial charge in [0, 0.05) is 34.9 Å². The minimum atomic E-state index is -0.00772. The van der Waals surface area contributed by atoms with Gasteiger partial charge in [-0.25, -0.2) is 0 Å². The summed E-state index contributed by atoms with van der Waals surface area (Å²) in [4.78, 5) is 14.5. The summed E-state index contributed by atoms with van der Waals surface area (Å²) in [5.74, 6) is 0.588. The monoisotopic (exact) mass is 384 g/mol. The first kappa shape index (κ1) is 20.9. The number of hydrogen-bond acceptors (Lipinski definition) is 5. The molecule has 0 unspecified atom stereocenters. The average molecular weight is 385 g/mol. The number of fused-ring (bicyclic) bond motifs is 1. The third-order valence-electron chi connectivity index (χ3n) is 4.58. The Hall–Kier alpha value is -2.40. The molecule has 0 saturated carbocycles. The minimum absolute atomic E-state index is 0.00772. The number of anilines is 2. The van der Waals surface area contributed by atoms with E-state index >= 15 is 0 Å². The number of nitrogens with zero attached hydrogens (tertiary/aromatic N) is 1. The lowest BCUT2D eigenvalue weighted by Gasteiger charge is -2.33. The molecule has 0 aromatic heterocycles. The number of Topliss-reactive ketones (excluding diaryl/α,β-unsaturated/α-hetero) is 1. The van der Waals surface area contributed by atoms with Gasteiger partial charge < -0.3 is 15.7 Å². The van der Waals surface area contributed by atoms with E-state index in [9.17, 15) is 9.90 Å². The second kappa shape index (κ2) is 9.51. The first-order chi connectivity index (χ1) is 12.9. The van der Waals surface area contributed by atoms with Crippen LogP contribution in [-0.2, 0) is 11.2 Å². The summed E-state index contributed by atoms with van der Waals surface area (Å²) in [6.45, 7) is 12.6. The van der Waals surface area contributed by atoms with E-state index in [0.717, 1.165) is 36.5 Å². The highest BCUT2D eigenvalue weighted by Crippen LogP contribution is 2.36. The fraction of sp³-hybridized carbons (Fsp3) is 0.318. The van der Waals surface area contributed by atoms with Crippen LogP contribution in [0.2, 0.25) is 0 Å². The van der Waals surface area contributed by atoms with Crippen LogP contribution in [0.15, 0.2) is 65.4 Å². The van der Waals surface area contributed by atoms with Gasteiger partial charge in [-0.2, -0.15) is 0 Å². The molecule has 0 bridgehead atoms. The third-order valence-corrected chi connectivity index (χ3v) is 5.61. The highest BCUT2D eigenvalue weighted by molar-refractivity contribution is 8.03. The van der Waals surface area contributed by atoms with Crippen molar-refractivity contribution in [1.82, 2.24) is 0 Å². The number of thioether (sulfide) groups is 1. The number of aliphatic hydroxyl groups is 1. The lowest BCUT2D eigenvalue weighted by Crippen LogP contribution is -2.30. The van der Waals surface area contributed by atoms with Crippen LogP contribution in [0.1, 0.15) is 32.3 Å². The zero-order valence-corrected chi connectivity index (χ0v) is 16.9. The zero-order valence-electron chi connectivity index (χ0n) is 16.1. The topological polar surface area (TPSA) is 66.6 Å². The number of nitrogens with two attached hydrogens (primary N) is 1. The van der Waals surface area contributed by atoms with Gasteiger partial charge in [-0.3, -0.25) is 4.79 Å². The molecule has 2 rings (SSSR count). The van der Waals surface area contributed by atoms with Crippen LogP contribution in [0.3, 0.4) is 0 Å². The van der Waals surface area contributed by atoms with Crippen molar-refractivity contribution < 1.29 is 9.90 Å². The van der Waals surface area contributed by atoms with Crippen LogP contribution in [0.4, 0.5) is 11.4 Å². The molecule has 1 aliphatic rings. The molecule has 0 aliphatic carbocycles. The molecule has 0 radical (unpaired) electrons. The third kappa shape index (κ3) is 5.07. The van der Waals surface area contributed by atoms with E-state index in [4.69, 9.17) is 5.73 Å². The van der Waals surface area contributed by atoms with E-state index in [1.54, 1.807) is 19.9 Å². The summed E-state index contributed by atoms with van der Waals surface area (Å²) < 4.78 is 0. The summed E-state index contributed by atoms with van der Waals surface area (Å²) in [7, 11) is 0. The van der Waals surface area contributed by atoms with E-state index in [1.165, 1.54) is 23.4 Å². The fourth-order valence-corrected chi connectivity index (χ4v) is 3.78. The molecule has 0 saturated heterocycles. The molecule has 27 heavy (non-hydrogen) atoms. The number of para-hydroxylation sites is 1. The summed E-state index contributed by atoms with van der Waals surface area (Å²) in [6, 6.07) is 6.00. The molecule has 0 amide bonds. The molecule has 0 atom stereocenters. The quantitative estimate of drug-likeness (QED) is 0.281. The summed E-state index contributed by atoms with van der Waals surface area (Å²) >= 11 is 1.41. The predicted octanol–water partition coefficient (Wildman–Crippen LogP) is 5.15. The maximum atomic E-state index is 11.8. The van der Waals surface area contributed by atoms with Crippen molar-refractivity contribution in [3.8, 4) is 0 Å². The maximum absolute atomic E-state index is 11.8. The van der Waals surface area contributed by atoms with Crippen LogP contribution >= 0.6 is 11.8 Å². The van der Waals surface area contributed by atoms with Crippen molar-refractivity contribution in [2.24, 2.45) is 0 Å². The number of nitrogen functional groups attached to an aromatic ring is 1. The van der Waals surface area contributed by atoms with Crippen LogP contribution in [0, 0.1) is 0 Å². The highest BCUT2D eigenvalue weighted by Gasteiger charge is 2.21. The van der Waals surface area contributed by atoms with Crippen LogP contribution in [-0.4, -0.2) is 23.2 Å². The number of carbonyl (C=O) groups excluding carboxylic acids is 1. The summed E-state index contributed by atoms with van der Waals surface area (Å²) in [5.41, 5.74) is 10.7. The van der Waals surface area contributed by atoms with Crippen LogP contribution in [0.25, 0.3) is 0 Å². The molecule has 0 fully saturated rings. The van der Waals surface area contributed by atoms with Gasteiger partial charge in [0.05, 0.1) is 11.4 Å². The first-order valence-corrected chi connectivity index (χ1v) is 10.1. The second-order valence-corrected chi connectivity index (χ2v) is 7.51. The standard InChI is InChI=1S/C22H28N2O2S/c1-5-17(20(25)6-2)13-21(26)16(4)27-14-15(3)24-12-8-10-18-9-7-11-19(23)22(18)24/h5,7,9,11,13,26H,3-4,6,8,10,12,14,23H2,1-2H3/b17-5+,21-13+. The van der Waals surface area contributed by atoms with E-state index in [-0.39, 0.29) is 11.5 Å². The predicted molar refractivity (Wildman–Crippen MR) is 117 cm³/mol. The molecule has 4 nitrogen and oxygen atoms in total. The van der Waals surface area contributed by atoms with Gasteiger partial charge in [-0.15, -0.1) is 11.8 Å². The lowest BCUT2D eigenvalue weighted by molar-refractivity contribution is -0.115. The minimum Gasteiger partial charge on any atom is -0.507 e. The van der Waals surface area contributed by atoms with E-state index in [1.807, 2.05) is 12.1 Å². The van der Waals surface area contributed by atoms with Crippen LogP contribution in [0.5, 0.6) is 0 Å². The molecule has 144 valence electrons. The van der Waals surface area contributed by atoms with Gasteiger partial charge in [-0.05, 0) is 37.5 Å². The lowest BCUT2D eigenvalue weighted by atomic mass is 10.00. The molecule has 1 heterocycles. The smallest absolute Gasteiger partial charge is 0.162 e. The molecule has 0 spiro atoms. The Morgan fingerprint density at radius 1 is 1.41 bits per heavy atom. The Morgan fingerprint density at radius 3 is 2.81 bits per heavy atom. The first-order valence-electron chi connectivity index (χ1n) is 9.13. The van der Waals surface area contributed by atoms with Crippen molar-refractivity contribution in [3.05, 3.63) is 71.0 Å². The highest BCUT2D eigenvalue weighted by atomic mass is 32.2. The Balaban J connectivity index is 2.04. The van der Waals surface area contributed by atoms with Gasteiger partial charge in [0.25, 0.3) is 0 Å². The molecular weight excluding hydrogens is 356 g/mol. The Morgan fingerprint density at radius 2 is 2.15 bits per heavy atom. The van der Waals surface area contributed by atoms with Gasteiger partial charge >= 0.3 is 0 Å². The number of benzene rings is 1. The van der Waals surface area contributed by atoms with Gasteiger partial charge in [0.15, 0.2) is 5.78 Å². The Kier molecular flexibility index (Phi) is 7.36. The van der Waals surface area contributed by atoms with Crippen molar-refractivity contribution in [1.29, 1.82) is 0 Å². The molecule has 3 N–H and O–H groups in total. The normalized spacial score (nSPS) is 14.7. The number of allylic oxidation sites excluding steroid dienone is 3. The van der Waals surface area contributed by atoms with Crippen molar-refractivity contribution in [3.63, 3.8) is 0 Å². The number of hydrogen-bond donors (Lipinski definition) is 2.